The first-order valence-electron chi connectivity index (χ1n) is 7.22. The van der Waals surface area contributed by atoms with E-state index in [4.69, 9.17) is 0 Å². The molecule has 112 valence electrons. The maximum Gasteiger partial charge on any atom is 0.255 e. The molecule has 0 radical (unpaired) electrons. The smallest absolute Gasteiger partial charge is 0.255 e. The van der Waals surface area contributed by atoms with Gasteiger partial charge in [-0.05, 0) is 42.5 Å². The van der Waals surface area contributed by atoms with Crippen molar-refractivity contribution in [2.75, 3.05) is 5.32 Å². The summed E-state index contributed by atoms with van der Waals surface area (Å²) in [4.78, 5) is 20.5. The molecule has 0 unspecified atom stereocenters. The molecular formula is C19H15N3O. The zero-order valence-corrected chi connectivity index (χ0v) is 12.4. The molecule has 3 rings (SSSR count). The minimum Gasteiger partial charge on any atom is -0.322 e. The van der Waals surface area contributed by atoms with Gasteiger partial charge in [-0.25, -0.2) is 0 Å². The second-order valence-electron chi connectivity index (χ2n) is 4.91. The molecule has 1 N–H and O–H groups in total. The quantitative estimate of drug-likeness (QED) is 0.738. The molecule has 0 spiro atoms. The van der Waals surface area contributed by atoms with E-state index in [9.17, 15) is 4.79 Å². The lowest BCUT2D eigenvalue weighted by molar-refractivity contribution is 0.102. The van der Waals surface area contributed by atoms with Gasteiger partial charge >= 0.3 is 0 Å². The van der Waals surface area contributed by atoms with Crippen LogP contribution in [0.3, 0.4) is 0 Å². The predicted molar refractivity (Wildman–Crippen MR) is 92.3 cm³/mol. The van der Waals surface area contributed by atoms with Gasteiger partial charge in [0.2, 0.25) is 0 Å². The van der Waals surface area contributed by atoms with Crippen LogP contribution in [0.2, 0.25) is 0 Å². The van der Waals surface area contributed by atoms with Crippen LogP contribution in [0.15, 0.2) is 84.1 Å². The van der Waals surface area contributed by atoms with Gasteiger partial charge in [0.1, 0.15) is 0 Å². The lowest BCUT2D eigenvalue weighted by atomic mass is 10.2. The van der Waals surface area contributed by atoms with Crippen molar-refractivity contribution in [2.45, 2.75) is 0 Å². The van der Waals surface area contributed by atoms with Crippen molar-refractivity contribution in [1.82, 2.24) is 4.98 Å². The van der Waals surface area contributed by atoms with Gasteiger partial charge in [-0.15, -0.1) is 0 Å². The number of nitrogens with one attached hydrogen (secondary N) is 1. The second-order valence-corrected chi connectivity index (χ2v) is 4.91. The van der Waals surface area contributed by atoms with Gasteiger partial charge in [-0.3, -0.25) is 14.8 Å². The molecule has 0 atom stereocenters. The fourth-order valence-electron chi connectivity index (χ4n) is 2.03. The highest BCUT2D eigenvalue weighted by atomic mass is 16.1. The number of hydrogen-bond acceptors (Lipinski definition) is 3. The molecule has 0 aliphatic carbocycles. The molecule has 4 heteroatoms. The van der Waals surface area contributed by atoms with E-state index in [-0.39, 0.29) is 5.91 Å². The Kier molecular flexibility index (Phi) is 4.55. The molecule has 2 aromatic carbocycles. The third kappa shape index (κ3) is 4.11. The van der Waals surface area contributed by atoms with Crippen LogP contribution in [0.25, 0.3) is 0 Å². The summed E-state index contributed by atoms with van der Waals surface area (Å²) in [7, 11) is 0. The standard InChI is InChI=1S/C19H15N3O/c23-19(16-6-2-1-3-7-16)22-18-10-8-17(9-11-18)21-14-15-5-4-12-20-13-15/h1-14H,(H,22,23). The van der Waals surface area contributed by atoms with Crippen molar-refractivity contribution >= 4 is 23.5 Å². The molecule has 1 aromatic heterocycles. The number of pyridine rings is 1. The summed E-state index contributed by atoms with van der Waals surface area (Å²) in [5.74, 6) is -0.128. The van der Waals surface area contributed by atoms with Crippen molar-refractivity contribution in [3.8, 4) is 0 Å². The van der Waals surface area contributed by atoms with Crippen molar-refractivity contribution in [3.05, 3.63) is 90.3 Å². The Hall–Kier alpha value is -3.27. The minimum absolute atomic E-state index is 0.128. The fourth-order valence-corrected chi connectivity index (χ4v) is 2.03. The highest BCUT2D eigenvalue weighted by molar-refractivity contribution is 6.04. The molecule has 1 amide bonds. The highest BCUT2D eigenvalue weighted by Crippen LogP contribution is 2.17. The number of anilines is 1. The summed E-state index contributed by atoms with van der Waals surface area (Å²) >= 11 is 0. The van der Waals surface area contributed by atoms with Crippen LogP contribution in [0.4, 0.5) is 11.4 Å². The average Bonchev–Trinajstić information content (AvgIpc) is 2.63. The van der Waals surface area contributed by atoms with Crippen molar-refractivity contribution < 1.29 is 4.79 Å². The molecule has 23 heavy (non-hydrogen) atoms. The van der Waals surface area contributed by atoms with Crippen LogP contribution >= 0.6 is 0 Å². The first-order chi connectivity index (χ1) is 11.3. The normalized spacial score (nSPS) is 10.6. The van der Waals surface area contributed by atoms with Crippen LogP contribution in [-0.2, 0) is 0 Å². The number of aromatic nitrogens is 1. The van der Waals surface area contributed by atoms with Crippen LogP contribution in [0.1, 0.15) is 15.9 Å². The molecule has 0 saturated carbocycles. The number of amides is 1. The number of hydrogen-bond donors (Lipinski definition) is 1. The zero-order chi connectivity index (χ0) is 15.9. The van der Waals surface area contributed by atoms with Gasteiger partial charge in [-0.1, -0.05) is 24.3 Å². The van der Waals surface area contributed by atoms with Gasteiger partial charge in [0.25, 0.3) is 5.91 Å². The maximum absolute atomic E-state index is 12.1. The van der Waals surface area contributed by atoms with E-state index in [0.29, 0.717) is 5.56 Å². The zero-order valence-electron chi connectivity index (χ0n) is 12.4. The fraction of sp³-hybridized carbons (Fsp3) is 0. The van der Waals surface area contributed by atoms with E-state index in [1.807, 2.05) is 54.6 Å². The Balaban J connectivity index is 1.65. The second kappa shape index (κ2) is 7.13. The SMILES string of the molecule is O=C(Nc1ccc(N=Cc2cccnc2)cc1)c1ccccc1. The van der Waals surface area contributed by atoms with E-state index >= 15 is 0 Å². The summed E-state index contributed by atoms with van der Waals surface area (Å²) < 4.78 is 0. The topological polar surface area (TPSA) is 54.4 Å². The molecule has 0 aliphatic rings. The summed E-state index contributed by atoms with van der Waals surface area (Å²) in [5.41, 5.74) is 3.12. The summed E-state index contributed by atoms with van der Waals surface area (Å²) in [6, 6.07) is 20.3. The average molecular weight is 301 g/mol. The van der Waals surface area contributed by atoms with E-state index in [0.717, 1.165) is 16.9 Å². The largest absolute Gasteiger partial charge is 0.322 e. The lowest BCUT2D eigenvalue weighted by Crippen LogP contribution is -2.11. The monoisotopic (exact) mass is 301 g/mol. The summed E-state index contributed by atoms with van der Waals surface area (Å²) in [5, 5.41) is 2.86. The number of rotatable bonds is 4. The van der Waals surface area contributed by atoms with Gasteiger partial charge < -0.3 is 5.32 Å². The summed E-state index contributed by atoms with van der Waals surface area (Å²) in [6.45, 7) is 0. The van der Waals surface area contributed by atoms with Crippen LogP contribution in [0, 0.1) is 0 Å². The van der Waals surface area contributed by atoms with Gasteiger partial charge in [0.15, 0.2) is 0 Å². The Labute approximate surface area is 134 Å². The summed E-state index contributed by atoms with van der Waals surface area (Å²) in [6.07, 6.45) is 5.23. The lowest BCUT2D eigenvalue weighted by Gasteiger charge is -2.05. The number of benzene rings is 2. The Bertz CT molecular complexity index is 797. The highest BCUT2D eigenvalue weighted by Gasteiger charge is 2.04. The molecule has 0 saturated heterocycles. The van der Waals surface area contributed by atoms with Gasteiger partial charge in [0, 0.05) is 35.4 Å². The Morgan fingerprint density at radius 3 is 2.43 bits per heavy atom. The Morgan fingerprint density at radius 2 is 1.74 bits per heavy atom. The van der Waals surface area contributed by atoms with Crippen LogP contribution in [-0.4, -0.2) is 17.1 Å². The van der Waals surface area contributed by atoms with Crippen molar-refractivity contribution in [1.29, 1.82) is 0 Å². The molecule has 0 bridgehead atoms. The maximum atomic E-state index is 12.1. The predicted octanol–water partition coefficient (Wildman–Crippen LogP) is 4.08. The van der Waals surface area contributed by atoms with Crippen LogP contribution in [0.5, 0.6) is 0 Å². The molecular weight excluding hydrogens is 286 g/mol. The van der Waals surface area contributed by atoms with E-state index in [2.05, 4.69) is 15.3 Å². The number of carbonyl (C=O) groups excluding carboxylic acids is 1. The third-order valence-electron chi connectivity index (χ3n) is 3.21. The van der Waals surface area contributed by atoms with Crippen molar-refractivity contribution in [3.63, 3.8) is 0 Å². The molecule has 4 nitrogen and oxygen atoms in total. The van der Waals surface area contributed by atoms with E-state index < -0.39 is 0 Å². The number of aliphatic imine (C=N–C) groups is 1. The Morgan fingerprint density at radius 1 is 0.957 bits per heavy atom. The van der Waals surface area contributed by atoms with Gasteiger partial charge in [-0.2, -0.15) is 0 Å². The minimum atomic E-state index is -0.128. The van der Waals surface area contributed by atoms with Crippen LogP contribution < -0.4 is 5.32 Å². The molecule has 0 fully saturated rings. The number of carbonyl (C=O) groups is 1. The molecule has 3 aromatic rings. The number of nitrogens with zero attached hydrogens (tertiary/aromatic N) is 2. The first kappa shape index (κ1) is 14.7. The first-order valence-corrected chi connectivity index (χ1v) is 7.22. The van der Waals surface area contributed by atoms with Gasteiger partial charge in [0.05, 0.1) is 5.69 Å². The van der Waals surface area contributed by atoms with E-state index in [1.54, 1.807) is 30.7 Å². The molecule has 0 aliphatic heterocycles. The molecule has 1 heterocycles. The van der Waals surface area contributed by atoms with E-state index in [1.165, 1.54) is 0 Å². The third-order valence-corrected chi connectivity index (χ3v) is 3.21. The van der Waals surface area contributed by atoms with Crippen molar-refractivity contribution in [2.24, 2.45) is 4.99 Å².